The van der Waals surface area contributed by atoms with Crippen LogP contribution in [0, 0.1) is 0 Å². The summed E-state index contributed by atoms with van der Waals surface area (Å²) in [5.41, 5.74) is -0.0223. The van der Waals surface area contributed by atoms with Crippen LogP contribution >= 0.6 is 36.6 Å². The monoisotopic (exact) mass is 431 g/mol. The number of hydrogen-bond acceptors (Lipinski definition) is 4. The quantitative estimate of drug-likeness (QED) is 0.770. The summed E-state index contributed by atoms with van der Waals surface area (Å²) in [6, 6.07) is 4.83. The molecular weight excluding hydrogens is 410 g/mol. The van der Waals surface area contributed by atoms with Gasteiger partial charge in [0.1, 0.15) is 0 Å². The van der Waals surface area contributed by atoms with Gasteiger partial charge in [-0.1, -0.05) is 0 Å². The largest absolute Gasteiger partial charge is 0.416 e. The van der Waals surface area contributed by atoms with Gasteiger partial charge in [-0.15, -0.1) is 24.8 Å². The van der Waals surface area contributed by atoms with E-state index in [4.69, 9.17) is 0 Å². The van der Waals surface area contributed by atoms with E-state index >= 15 is 0 Å². The fourth-order valence-corrected chi connectivity index (χ4v) is 3.93. The van der Waals surface area contributed by atoms with Gasteiger partial charge in [-0.25, -0.2) is 0 Å². The zero-order valence-electron chi connectivity index (χ0n) is 13.9. The van der Waals surface area contributed by atoms with Crippen molar-refractivity contribution in [2.45, 2.75) is 24.7 Å². The first kappa shape index (κ1) is 23.2. The molecule has 2 aliphatic heterocycles. The standard InChI is InChI=1S/C16H20F3N3OS.2ClH/c17-16(18,19)11-1-3-12(4-2-11)21-13-9-14(20-10-13)15(23)22-5-7-24-8-6-22;;/h1-4,13-14,20-21H,5-10H2;2*1H/t13-,14-;;/m0../s1. The van der Waals surface area contributed by atoms with Gasteiger partial charge in [-0.05, 0) is 30.7 Å². The second-order valence-corrected chi connectivity index (χ2v) is 7.28. The van der Waals surface area contributed by atoms with Crippen LogP contribution in [0.25, 0.3) is 0 Å². The third-order valence-corrected chi connectivity index (χ3v) is 5.28. The number of anilines is 1. The van der Waals surface area contributed by atoms with Gasteiger partial charge in [-0.2, -0.15) is 24.9 Å². The minimum atomic E-state index is -4.32. The molecule has 2 aliphatic rings. The molecule has 4 nitrogen and oxygen atoms in total. The summed E-state index contributed by atoms with van der Waals surface area (Å²) in [5, 5.41) is 6.42. The first-order chi connectivity index (χ1) is 11.4. The van der Waals surface area contributed by atoms with Gasteiger partial charge in [0.25, 0.3) is 0 Å². The number of rotatable bonds is 3. The van der Waals surface area contributed by atoms with Crippen LogP contribution in [0.1, 0.15) is 12.0 Å². The fraction of sp³-hybridized carbons (Fsp3) is 0.562. The number of amides is 1. The lowest BCUT2D eigenvalue weighted by atomic mass is 10.1. The Morgan fingerprint density at radius 1 is 1.15 bits per heavy atom. The highest BCUT2D eigenvalue weighted by Crippen LogP contribution is 2.30. The number of benzene rings is 1. The highest BCUT2D eigenvalue weighted by molar-refractivity contribution is 7.99. The van der Waals surface area contributed by atoms with E-state index < -0.39 is 11.7 Å². The number of alkyl halides is 3. The zero-order valence-corrected chi connectivity index (χ0v) is 16.4. The van der Waals surface area contributed by atoms with E-state index in [1.54, 1.807) is 0 Å². The lowest BCUT2D eigenvalue weighted by Gasteiger charge is -2.28. The van der Waals surface area contributed by atoms with Gasteiger partial charge in [0.05, 0.1) is 11.6 Å². The molecule has 2 atom stereocenters. The highest BCUT2D eigenvalue weighted by Gasteiger charge is 2.33. The minimum absolute atomic E-state index is 0. The lowest BCUT2D eigenvalue weighted by Crippen LogP contribution is -2.46. The topological polar surface area (TPSA) is 44.4 Å². The smallest absolute Gasteiger partial charge is 0.381 e. The van der Waals surface area contributed by atoms with Crippen LogP contribution in [0.15, 0.2) is 24.3 Å². The van der Waals surface area contributed by atoms with E-state index in [0.717, 1.165) is 36.7 Å². The minimum Gasteiger partial charge on any atom is -0.381 e. The average Bonchev–Trinajstić information content (AvgIpc) is 3.03. The molecule has 0 spiro atoms. The molecular formula is C16H22Cl2F3N3OS. The lowest BCUT2D eigenvalue weighted by molar-refractivity contribution is -0.137. The first-order valence-electron chi connectivity index (χ1n) is 7.97. The molecule has 0 unspecified atom stereocenters. The van der Waals surface area contributed by atoms with Crippen LogP contribution in [0.3, 0.4) is 0 Å². The summed E-state index contributed by atoms with van der Waals surface area (Å²) in [6.07, 6.45) is -3.68. The van der Waals surface area contributed by atoms with Crippen molar-refractivity contribution in [3.8, 4) is 0 Å². The van der Waals surface area contributed by atoms with Crippen molar-refractivity contribution in [3.05, 3.63) is 29.8 Å². The number of thioether (sulfide) groups is 1. The molecule has 0 bridgehead atoms. The third kappa shape index (κ3) is 5.84. The molecule has 3 rings (SSSR count). The maximum absolute atomic E-state index is 12.6. The number of hydrogen-bond donors (Lipinski definition) is 2. The molecule has 26 heavy (non-hydrogen) atoms. The first-order valence-corrected chi connectivity index (χ1v) is 9.12. The Morgan fingerprint density at radius 2 is 1.77 bits per heavy atom. The molecule has 2 fully saturated rings. The Balaban J connectivity index is 0.00000169. The molecule has 2 heterocycles. The molecule has 1 aromatic rings. The maximum atomic E-state index is 12.6. The summed E-state index contributed by atoms with van der Waals surface area (Å²) >= 11 is 1.86. The second kappa shape index (κ2) is 9.92. The number of nitrogens with one attached hydrogen (secondary N) is 2. The van der Waals surface area contributed by atoms with Gasteiger partial charge in [0.15, 0.2) is 0 Å². The van der Waals surface area contributed by atoms with Crippen LogP contribution in [0.5, 0.6) is 0 Å². The van der Waals surface area contributed by atoms with E-state index in [1.807, 2.05) is 16.7 Å². The van der Waals surface area contributed by atoms with Crippen molar-refractivity contribution in [2.75, 3.05) is 36.5 Å². The molecule has 0 radical (unpaired) electrons. The average molecular weight is 432 g/mol. The molecule has 148 valence electrons. The number of carbonyl (C=O) groups is 1. The Kier molecular flexibility index (Phi) is 8.85. The number of carbonyl (C=O) groups excluding carboxylic acids is 1. The molecule has 0 aliphatic carbocycles. The van der Waals surface area contributed by atoms with Crippen LogP contribution in [-0.4, -0.2) is 54.0 Å². The van der Waals surface area contributed by atoms with Crippen molar-refractivity contribution in [2.24, 2.45) is 0 Å². The molecule has 10 heteroatoms. The summed E-state index contributed by atoms with van der Waals surface area (Å²) in [7, 11) is 0. The summed E-state index contributed by atoms with van der Waals surface area (Å²) in [6.45, 7) is 2.21. The van der Waals surface area contributed by atoms with Crippen LogP contribution in [-0.2, 0) is 11.0 Å². The van der Waals surface area contributed by atoms with Crippen molar-refractivity contribution in [1.82, 2.24) is 10.2 Å². The van der Waals surface area contributed by atoms with Crippen LogP contribution in [0.2, 0.25) is 0 Å². The van der Waals surface area contributed by atoms with E-state index in [2.05, 4.69) is 10.6 Å². The van der Waals surface area contributed by atoms with E-state index in [9.17, 15) is 18.0 Å². The molecule has 0 saturated carbocycles. The van der Waals surface area contributed by atoms with Gasteiger partial charge in [0.2, 0.25) is 5.91 Å². The normalized spacial score (nSPS) is 23.0. The van der Waals surface area contributed by atoms with E-state index in [1.165, 1.54) is 12.1 Å². The van der Waals surface area contributed by atoms with Crippen molar-refractivity contribution < 1.29 is 18.0 Å². The molecule has 1 amide bonds. The molecule has 1 aromatic carbocycles. The third-order valence-electron chi connectivity index (χ3n) is 4.33. The van der Waals surface area contributed by atoms with Crippen molar-refractivity contribution >= 4 is 48.2 Å². The molecule has 2 saturated heterocycles. The van der Waals surface area contributed by atoms with Gasteiger partial charge >= 0.3 is 6.18 Å². The number of halogens is 5. The zero-order chi connectivity index (χ0) is 17.2. The summed E-state index contributed by atoms with van der Waals surface area (Å²) in [4.78, 5) is 14.4. The Bertz CT molecular complexity index is 583. The maximum Gasteiger partial charge on any atom is 0.416 e. The number of nitrogens with zero attached hydrogens (tertiary/aromatic N) is 1. The highest BCUT2D eigenvalue weighted by atomic mass is 35.5. The van der Waals surface area contributed by atoms with Gasteiger partial charge < -0.3 is 15.5 Å². The predicted molar refractivity (Wildman–Crippen MR) is 104 cm³/mol. The summed E-state index contributed by atoms with van der Waals surface area (Å²) < 4.78 is 37.7. The SMILES string of the molecule is Cl.Cl.O=C([C@@H]1C[C@H](Nc2ccc(C(F)(F)F)cc2)CN1)N1CCSCC1. The van der Waals surface area contributed by atoms with E-state index in [0.29, 0.717) is 18.7 Å². The van der Waals surface area contributed by atoms with E-state index in [-0.39, 0.29) is 42.8 Å². The predicted octanol–water partition coefficient (Wildman–Crippen LogP) is 3.27. The van der Waals surface area contributed by atoms with Gasteiger partial charge in [0, 0.05) is 42.9 Å². The Labute approximate surface area is 167 Å². The van der Waals surface area contributed by atoms with Crippen molar-refractivity contribution in [3.63, 3.8) is 0 Å². The summed E-state index contributed by atoms with van der Waals surface area (Å²) in [5.74, 6) is 2.09. The van der Waals surface area contributed by atoms with Crippen molar-refractivity contribution in [1.29, 1.82) is 0 Å². The fourth-order valence-electron chi connectivity index (χ4n) is 3.03. The Hall–Kier alpha value is -0.830. The van der Waals surface area contributed by atoms with Crippen LogP contribution < -0.4 is 10.6 Å². The Morgan fingerprint density at radius 3 is 2.35 bits per heavy atom. The molecule has 2 N–H and O–H groups in total. The second-order valence-electron chi connectivity index (χ2n) is 6.05. The molecule has 0 aromatic heterocycles. The van der Waals surface area contributed by atoms with Crippen LogP contribution in [0.4, 0.5) is 18.9 Å². The van der Waals surface area contributed by atoms with Gasteiger partial charge in [-0.3, -0.25) is 4.79 Å².